The van der Waals surface area contributed by atoms with Gasteiger partial charge in [-0.05, 0) is 25.2 Å². The van der Waals surface area contributed by atoms with E-state index in [2.05, 4.69) is 0 Å². The maximum absolute atomic E-state index is 12.2. The molecule has 0 aromatic rings. The minimum Gasteiger partial charge on any atom is -0.511 e. The van der Waals surface area contributed by atoms with Crippen LogP contribution in [0.25, 0.3) is 0 Å². The summed E-state index contributed by atoms with van der Waals surface area (Å²) in [6.07, 6.45) is 4.77. The Kier molecular flexibility index (Phi) is 4.27. The maximum atomic E-state index is 12.2. The predicted octanol–water partition coefficient (Wildman–Crippen LogP) is 2.92. The van der Waals surface area contributed by atoms with E-state index < -0.39 is 12.1 Å². The van der Waals surface area contributed by atoms with Crippen molar-refractivity contribution in [3.05, 3.63) is 11.3 Å². The molecule has 1 unspecified atom stereocenters. The van der Waals surface area contributed by atoms with Gasteiger partial charge in [-0.3, -0.25) is 4.79 Å². The molecule has 1 atom stereocenters. The fraction of sp³-hybridized carbons (Fsp3) is 0.733. The van der Waals surface area contributed by atoms with E-state index in [9.17, 15) is 14.7 Å². The molecule has 0 bridgehead atoms. The molecule has 0 aromatic carbocycles. The van der Waals surface area contributed by atoms with Crippen molar-refractivity contribution in [1.82, 2.24) is 0 Å². The summed E-state index contributed by atoms with van der Waals surface area (Å²) in [6.45, 7) is 3.95. The zero-order valence-corrected chi connectivity index (χ0v) is 11.6. The van der Waals surface area contributed by atoms with Gasteiger partial charge >= 0.3 is 5.97 Å². The molecule has 19 heavy (non-hydrogen) atoms. The lowest BCUT2D eigenvalue weighted by Gasteiger charge is -2.21. The maximum Gasteiger partial charge on any atom is 0.346 e. The number of rotatable bonds is 3. The zero-order valence-electron chi connectivity index (χ0n) is 11.6. The van der Waals surface area contributed by atoms with Gasteiger partial charge in [0.15, 0.2) is 6.10 Å². The summed E-state index contributed by atoms with van der Waals surface area (Å²) in [6, 6.07) is 0. The summed E-state index contributed by atoms with van der Waals surface area (Å²) in [5, 5.41) is 10.2. The molecule has 0 aromatic heterocycles. The number of ether oxygens (including phenoxy) is 1. The molecule has 1 N–H and O–H groups in total. The molecule has 2 aliphatic rings. The molecule has 1 aliphatic heterocycles. The van der Waals surface area contributed by atoms with Gasteiger partial charge in [0.1, 0.15) is 11.3 Å². The molecule has 106 valence electrons. The Balaban J connectivity index is 2.18. The van der Waals surface area contributed by atoms with Crippen LogP contribution in [0.1, 0.15) is 52.4 Å². The normalized spacial score (nSPS) is 27.8. The summed E-state index contributed by atoms with van der Waals surface area (Å²) in [7, 11) is 0. The Morgan fingerprint density at radius 1 is 1.26 bits per heavy atom. The van der Waals surface area contributed by atoms with Gasteiger partial charge in [0.05, 0.1) is 0 Å². The van der Waals surface area contributed by atoms with E-state index in [0.29, 0.717) is 6.42 Å². The highest BCUT2D eigenvalue weighted by atomic mass is 16.6. The lowest BCUT2D eigenvalue weighted by Crippen LogP contribution is -2.20. The number of aliphatic hydroxyl groups excluding tert-OH is 1. The van der Waals surface area contributed by atoms with Crippen molar-refractivity contribution in [1.29, 1.82) is 0 Å². The number of hydrogen-bond donors (Lipinski definition) is 1. The van der Waals surface area contributed by atoms with Crippen LogP contribution >= 0.6 is 0 Å². The van der Waals surface area contributed by atoms with E-state index in [4.69, 9.17) is 4.74 Å². The smallest absolute Gasteiger partial charge is 0.346 e. The summed E-state index contributed by atoms with van der Waals surface area (Å²) in [4.78, 5) is 24.0. The third-order valence-corrected chi connectivity index (χ3v) is 3.93. The Morgan fingerprint density at radius 3 is 2.47 bits per heavy atom. The van der Waals surface area contributed by atoms with Gasteiger partial charge in [-0.2, -0.15) is 0 Å². The minimum atomic E-state index is -0.701. The molecule has 1 saturated heterocycles. The first-order chi connectivity index (χ1) is 9.00. The Morgan fingerprint density at radius 2 is 1.89 bits per heavy atom. The van der Waals surface area contributed by atoms with Crippen molar-refractivity contribution in [2.45, 2.75) is 58.5 Å². The van der Waals surface area contributed by atoms with Gasteiger partial charge < -0.3 is 9.84 Å². The van der Waals surface area contributed by atoms with Crippen LogP contribution in [-0.2, 0) is 14.3 Å². The molecule has 1 aliphatic carbocycles. The van der Waals surface area contributed by atoms with Crippen LogP contribution in [0.3, 0.4) is 0 Å². The number of allylic oxidation sites excluding steroid dienone is 1. The number of hydrogen-bond acceptors (Lipinski definition) is 4. The number of aliphatic hydroxyl groups is 1. The van der Waals surface area contributed by atoms with Crippen molar-refractivity contribution in [2.75, 3.05) is 0 Å². The first-order valence-electron chi connectivity index (χ1n) is 7.19. The molecule has 0 amide bonds. The van der Waals surface area contributed by atoms with E-state index in [1.54, 1.807) is 0 Å². The van der Waals surface area contributed by atoms with Gasteiger partial charge in [0, 0.05) is 5.92 Å². The van der Waals surface area contributed by atoms with Crippen molar-refractivity contribution in [3.8, 4) is 0 Å². The molecule has 2 fully saturated rings. The fourth-order valence-electron chi connectivity index (χ4n) is 2.90. The predicted molar refractivity (Wildman–Crippen MR) is 70.6 cm³/mol. The molecular formula is C15H22O4. The largest absolute Gasteiger partial charge is 0.511 e. The van der Waals surface area contributed by atoms with Crippen molar-refractivity contribution >= 4 is 11.8 Å². The van der Waals surface area contributed by atoms with Crippen molar-refractivity contribution in [3.63, 3.8) is 0 Å². The van der Waals surface area contributed by atoms with Crippen LogP contribution in [0, 0.1) is 11.8 Å². The highest BCUT2D eigenvalue weighted by Gasteiger charge is 2.42. The summed E-state index contributed by atoms with van der Waals surface area (Å²) in [5.74, 6) is -0.766. The van der Waals surface area contributed by atoms with Crippen LogP contribution < -0.4 is 0 Å². The highest BCUT2D eigenvalue weighted by Crippen LogP contribution is 2.33. The summed E-state index contributed by atoms with van der Waals surface area (Å²) in [5.41, 5.74) is -0.0856. The van der Waals surface area contributed by atoms with Gasteiger partial charge in [0.2, 0.25) is 5.78 Å². The first kappa shape index (κ1) is 14.1. The van der Waals surface area contributed by atoms with Crippen molar-refractivity contribution in [2.24, 2.45) is 11.8 Å². The zero-order chi connectivity index (χ0) is 14.0. The Hall–Kier alpha value is -1.32. The quantitative estimate of drug-likeness (QED) is 0.369. The first-order valence-corrected chi connectivity index (χ1v) is 7.19. The molecule has 0 spiro atoms. The van der Waals surface area contributed by atoms with E-state index in [1.807, 2.05) is 13.8 Å². The van der Waals surface area contributed by atoms with Gasteiger partial charge in [-0.25, -0.2) is 4.79 Å². The van der Waals surface area contributed by atoms with E-state index >= 15 is 0 Å². The van der Waals surface area contributed by atoms with Gasteiger partial charge in [-0.15, -0.1) is 0 Å². The monoisotopic (exact) mass is 266 g/mol. The number of carbonyl (C=O) groups excluding carboxylic acids is 2. The van der Waals surface area contributed by atoms with E-state index in [0.717, 1.165) is 32.1 Å². The average molecular weight is 266 g/mol. The number of Topliss-reactive ketones (excluding diaryl/α,β-unsaturated/α-hetero) is 1. The second kappa shape index (κ2) is 5.76. The highest BCUT2D eigenvalue weighted by molar-refractivity contribution is 6.23. The van der Waals surface area contributed by atoms with Crippen molar-refractivity contribution < 1.29 is 19.4 Å². The van der Waals surface area contributed by atoms with Gasteiger partial charge in [0.25, 0.3) is 0 Å². The molecular weight excluding hydrogens is 244 g/mol. The van der Waals surface area contributed by atoms with Crippen LogP contribution in [-0.4, -0.2) is 23.0 Å². The van der Waals surface area contributed by atoms with E-state index in [1.165, 1.54) is 0 Å². The third kappa shape index (κ3) is 2.99. The SMILES string of the molecule is CC(C)CC1OC(=O)C(=C(O)C2CCCCC2)C1=O. The van der Waals surface area contributed by atoms with Crippen LogP contribution in [0.2, 0.25) is 0 Å². The minimum absolute atomic E-state index is 0.0269. The standard InChI is InChI=1S/C15H22O4/c1-9(2)8-11-14(17)12(15(18)19-11)13(16)10-6-4-3-5-7-10/h9-11,16H,3-8H2,1-2H3. The summed E-state index contributed by atoms with van der Waals surface area (Å²) < 4.78 is 5.10. The fourth-order valence-corrected chi connectivity index (χ4v) is 2.90. The average Bonchev–Trinajstić information content (AvgIpc) is 2.64. The van der Waals surface area contributed by atoms with E-state index in [-0.39, 0.29) is 29.0 Å². The molecule has 0 radical (unpaired) electrons. The second-order valence-corrected chi connectivity index (χ2v) is 5.98. The third-order valence-electron chi connectivity index (χ3n) is 3.93. The molecule has 4 heteroatoms. The number of esters is 1. The molecule has 2 rings (SSSR count). The van der Waals surface area contributed by atoms with Gasteiger partial charge in [-0.1, -0.05) is 33.1 Å². The summed E-state index contributed by atoms with van der Waals surface area (Å²) >= 11 is 0. The second-order valence-electron chi connectivity index (χ2n) is 5.98. The van der Waals surface area contributed by atoms with Crippen LogP contribution in [0.4, 0.5) is 0 Å². The Labute approximate surface area is 113 Å². The topological polar surface area (TPSA) is 63.6 Å². The lowest BCUT2D eigenvalue weighted by molar-refractivity contribution is -0.141. The number of cyclic esters (lactones) is 1. The molecule has 1 heterocycles. The molecule has 4 nitrogen and oxygen atoms in total. The lowest BCUT2D eigenvalue weighted by atomic mass is 9.85. The Bertz CT molecular complexity index is 402. The van der Waals surface area contributed by atoms with Crippen LogP contribution in [0.5, 0.6) is 0 Å². The molecule has 1 saturated carbocycles. The number of ketones is 1. The number of carbonyl (C=O) groups is 2. The van der Waals surface area contributed by atoms with Crippen LogP contribution in [0.15, 0.2) is 11.3 Å².